The van der Waals surface area contributed by atoms with Gasteiger partial charge in [0.2, 0.25) is 0 Å². The van der Waals surface area contributed by atoms with Crippen LogP contribution in [0.3, 0.4) is 0 Å². The Hall–Kier alpha value is -1.92. The molecule has 0 radical (unpaired) electrons. The Morgan fingerprint density at radius 3 is 2.90 bits per heavy atom. The summed E-state index contributed by atoms with van der Waals surface area (Å²) in [4.78, 5) is 16.2. The van der Waals surface area contributed by atoms with Crippen LogP contribution in [0.15, 0.2) is 34.8 Å². The number of rotatable bonds is 2. The maximum absolute atomic E-state index is 11.8. The number of aromatic nitrogens is 3. The summed E-state index contributed by atoms with van der Waals surface area (Å²) in [6.45, 7) is 0. The molecule has 0 bridgehead atoms. The van der Waals surface area contributed by atoms with E-state index in [-0.39, 0.29) is 5.69 Å². The van der Waals surface area contributed by atoms with Gasteiger partial charge in [0.25, 0.3) is 0 Å². The number of H-pyrrole nitrogens is 1. The molecule has 0 spiro atoms. The van der Waals surface area contributed by atoms with Gasteiger partial charge in [0.15, 0.2) is 5.69 Å². The van der Waals surface area contributed by atoms with E-state index in [1.165, 1.54) is 7.11 Å². The zero-order chi connectivity index (χ0) is 15.0. The summed E-state index contributed by atoms with van der Waals surface area (Å²) >= 11 is 9.47. The molecule has 7 heteroatoms. The molecule has 0 aliphatic rings. The van der Waals surface area contributed by atoms with E-state index < -0.39 is 5.97 Å². The lowest BCUT2D eigenvalue weighted by Crippen LogP contribution is -2.03. The van der Waals surface area contributed by atoms with Crippen LogP contribution in [0.1, 0.15) is 10.5 Å². The number of methoxy groups -OCH3 is 1. The molecule has 0 saturated carbocycles. The molecule has 0 atom stereocenters. The fourth-order valence-corrected chi connectivity index (χ4v) is 2.70. The number of esters is 1. The average Bonchev–Trinajstić information content (AvgIpc) is 2.89. The average molecular weight is 367 g/mol. The Morgan fingerprint density at radius 1 is 1.38 bits per heavy atom. The second kappa shape index (κ2) is 5.46. The number of fused-ring (bicyclic) bond motifs is 1. The first-order chi connectivity index (χ1) is 10.1. The van der Waals surface area contributed by atoms with Crippen LogP contribution < -0.4 is 0 Å². The molecule has 2 heterocycles. The van der Waals surface area contributed by atoms with Gasteiger partial charge in [-0.15, -0.1) is 0 Å². The maximum atomic E-state index is 11.8. The van der Waals surface area contributed by atoms with Gasteiger partial charge in [-0.1, -0.05) is 39.7 Å². The first-order valence-electron chi connectivity index (χ1n) is 5.99. The smallest absolute Gasteiger partial charge is 0.359 e. The molecule has 0 unspecified atom stereocenters. The minimum Gasteiger partial charge on any atom is -0.464 e. The molecule has 5 nitrogen and oxygen atoms in total. The molecule has 0 aliphatic heterocycles. The lowest BCUT2D eigenvalue weighted by molar-refractivity contribution is 0.0596. The lowest BCUT2D eigenvalue weighted by atomic mass is 10.1. The number of aromatic amines is 1. The van der Waals surface area contributed by atoms with Crippen molar-refractivity contribution in [1.29, 1.82) is 0 Å². The van der Waals surface area contributed by atoms with Crippen LogP contribution in [0.25, 0.3) is 22.2 Å². The molecule has 0 fully saturated rings. The van der Waals surface area contributed by atoms with Gasteiger partial charge in [-0.2, -0.15) is 5.10 Å². The standard InChI is InChI=1S/C14H9BrClN3O2/c1-21-14(20)13-11-9(18-19-13)6-10(16)17-12(11)7-3-2-4-8(15)5-7/h2-6H,1H3,(H,18,19). The molecule has 1 aromatic carbocycles. The molecule has 3 aromatic rings. The summed E-state index contributed by atoms with van der Waals surface area (Å²) in [5, 5.41) is 7.69. The maximum Gasteiger partial charge on any atom is 0.359 e. The van der Waals surface area contributed by atoms with E-state index in [0.717, 1.165) is 10.0 Å². The fourth-order valence-electron chi connectivity index (χ4n) is 2.10. The number of carbonyl (C=O) groups is 1. The van der Waals surface area contributed by atoms with Crippen molar-refractivity contribution in [3.63, 3.8) is 0 Å². The summed E-state index contributed by atoms with van der Waals surface area (Å²) in [5.74, 6) is -0.526. The molecular formula is C14H9BrClN3O2. The fraction of sp³-hybridized carbons (Fsp3) is 0.0714. The van der Waals surface area contributed by atoms with Gasteiger partial charge >= 0.3 is 5.97 Å². The lowest BCUT2D eigenvalue weighted by Gasteiger charge is -2.05. The SMILES string of the molecule is COC(=O)c1n[nH]c2cc(Cl)nc(-c3cccc(Br)c3)c12. The molecule has 0 aliphatic carbocycles. The van der Waals surface area contributed by atoms with E-state index in [9.17, 15) is 4.79 Å². The Kier molecular flexibility index (Phi) is 3.65. The van der Waals surface area contributed by atoms with Crippen LogP contribution >= 0.6 is 27.5 Å². The van der Waals surface area contributed by atoms with Crippen LogP contribution in [0.5, 0.6) is 0 Å². The number of carbonyl (C=O) groups excluding carboxylic acids is 1. The zero-order valence-electron chi connectivity index (χ0n) is 10.9. The molecule has 2 aromatic heterocycles. The molecule has 0 amide bonds. The van der Waals surface area contributed by atoms with Crippen molar-refractivity contribution in [3.8, 4) is 11.3 Å². The molecular weight excluding hydrogens is 358 g/mol. The van der Waals surface area contributed by atoms with Crippen molar-refractivity contribution < 1.29 is 9.53 Å². The van der Waals surface area contributed by atoms with E-state index >= 15 is 0 Å². The van der Waals surface area contributed by atoms with Crippen molar-refractivity contribution in [3.05, 3.63) is 45.7 Å². The van der Waals surface area contributed by atoms with Crippen molar-refractivity contribution in [2.45, 2.75) is 0 Å². The zero-order valence-corrected chi connectivity index (χ0v) is 13.2. The highest BCUT2D eigenvalue weighted by atomic mass is 79.9. The van der Waals surface area contributed by atoms with Gasteiger partial charge in [0, 0.05) is 16.1 Å². The molecule has 1 N–H and O–H groups in total. The van der Waals surface area contributed by atoms with Gasteiger partial charge in [0.05, 0.1) is 23.7 Å². The Labute approximate surface area is 133 Å². The van der Waals surface area contributed by atoms with Crippen molar-refractivity contribution in [2.24, 2.45) is 0 Å². The Bertz CT molecular complexity index is 847. The van der Waals surface area contributed by atoms with Gasteiger partial charge in [0.1, 0.15) is 5.15 Å². The highest BCUT2D eigenvalue weighted by Crippen LogP contribution is 2.31. The van der Waals surface area contributed by atoms with E-state index in [1.807, 2.05) is 24.3 Å². The summed E-state index contributed by atoms with van der Waals surface area (Å²) in [7, 11) is 1.31. The Morgan fingerprint density at radius 2 is 2.19 bits per heavy atom. The topological polar surface area (TPSA) is 67.9 Å². The van der Waals surface area contributed by atoms with Crippen LogP contribution in [0.4, 0.5) is 0 Å². The van der Waals surface area contributed by atoms with Crippen molar-refractivity contribution in [1.82, 2.24) is 15.2 Å². The van der Waals surface area contributed by atoms with Crippen molar-refractivity contribution >= 4 is 44.4 Å². The number of ether oxygens (including phenoxy) is 1. The van der Waals surface area contributed by atoms with Gasteiger partial charge in [-0.05, 0) is 12.1 Å². The quantitative estimate of drug-likeness (QED) is 0.553. The van der Waals surface area contributed by atoms with E-state index in [0.29, 0.717) is 21.7 Å². The second-order valence-corrected chi connectivity index (χ2v) is 5.59. The molecule has 106 valence electrons. The third-order valence-electron chi connectivity index (χ3n) is 2.99. The van der Waals surface area contributed by atoms with Gasteiger partial charge in [-0.3, -0.25) is 5.10 Å². The van der Waals surface area contributed by atoms with Crippen LogP contribution in [0.2, 0.25) is 5.15 Å². The normalized spacial score (nSPS) is 10.8. The van der Waals surface area contributed by atoms with E-state index in [4.69, 9.17) is 16.3 Å². The summed E-state index contributed by atoms with van der Waals surface area (Å²) < 4.78 is 5.66. The number of hydrogen-bond donors (Lipinski definition) is 1. The first-order valence-corrected chi connectivity index (χ1v) is 7.16. The summed E-state index contributed by atoms with van der Waals surface area (Å²) in [6.07, 6.45) is 0. The largest absolute Gasteiger partial charge is 0.464 e. The number of benzene rings is 1. The minimum absolute atomic E-state index is 0.187. The monoisotopic (exact) mass is 365 g/mol. The number of halogens is 2. The summed E-state index contributed by atoms with van der Waals surface area (Å²) in [6, 6.07) is 9.19. The molecule has 0 saturated heterocycles. The minimum atomic E-state index is -0.526. The number of nitrogens with zero attached hydrogens (tertiary/aromatic N) is 2. The number of pyridine rings is 1. The third kappa shape index (κ3) is 2.52. The van der Waals surface area contributed by atoms with E-state index in [1.54, 1.807) is 6.07 Å². The Balaban J connectivity index is 2.35. The predicted molar refractivity (Wildman–Crippen MR) is 83.4 cm³/mol. The number of hydrogen-bond acceptors (Lipinski definition) is 4. The molecule has 21 heavy (non-hydrogen) atoms. The van der Waals surface area contributed by atoms with Crippen LogP contribution in [0, 0.1) is 0 Å². The molecule has 3 rings (SSSR count). The first kappa shape index (κ1) is 14.0. The number of nitrogens with one attached hydrogen (secondary N) is 1. The van der Waals surface area contributed by atoms with Gasteiger partial charge in [-0.25, -0.2) is 9.78 Å². The summed E-state index contributed by atoms with van der Waals surface area (Å²) in [5.41, 5.74) is 2.22. The van der Waals surface area contributed by atoms with Gasteiger partial charge < -0.3 is 4.74 Å². The van der Waals surface area contributed by atoms with Crippen molar-refractivity contribution in [2.75, 3.05) is 7.11 Å². The van der Waals surface area contributed by atoms with Crippen LogP contribution in [-0.4, -0.2) is 28.3 Å². The van der Waals surface area contributed by atoms with Crippen LogP contribution in [-0.2, 0) is 4.74 Å². The third-order valence-corrected chi connectivity index (χ3v) is 3.68. The highest BCUT2D eigenvalue weighted by Gasteiger charge is 2.20. The second-order valence-electron chi connectivity index (χ2n) is 4.29. The predicted octanol–water partition coefficient (Wildman–Crippen LogP) is 3.83. The van der Waals surface area contributed by atoms with E-state index in [2.05, 4.69) is 31.1 Å². The highest BCUT2D eigenvalue weighted by molar-refractivity contribution is 9.10.